The zero-order valence-corrected chi connectivity index (χ0v) is 17.9. The van der Waals surface area contributed by atoms with Crippen molar-refractivity contribution in [2.75, 3.05) is 11.4 Å². The van der Waals surface area contributed by atoms with E-state index in [-0.39, 0.29) is 24.8 Å². The van der Waals surface area contributed by atoms with Crippen LogP contribution in [0, 0.1) is 26.7 Å². The van der Waals surface area contributed by atoms with Gasteiger partial charge in [0.05, 0.1) is 5.92 Å². The molecule has 0 unspecified atom stereocenters. The number of hydrogen-bond acceptors (Lipinski definition) is 4. The molecule has 2 aromatic rings. The molecule has 3 rings (SSSR count). The molecule has 2 amide bonds. The van der Waals surface area contributed by atoms with E-state index in [1.165, 1.54) is 0 Å². The second-order valence-electron chi connectivity index (χ2n) is 7.91. The molecule has 1 N–H and O–H groups in total. The lowest BCUT2D eigenvalue weighted by atomic mass is 10.1. The summed E-state index contributed by atoms with van der Waals surface area (Å²) in [5, 5.41) is 2.78. The fraction of sp³-hybridized carbons (Fsp3) is 0.375. The predicted octanol–water partition coefficient (Wildman–Crippen LogP) is 3.21. The lowest BCUT2D eigenvalue weighted by molar-refractivity contribution is -0.158. The van der Waals surface area contributed by atoms with Crippen LogP contribution in [0.2, 0.25) is 0 Å². The molecule has 6 heteroatoms. The number of rotatable bonds is 6. The Kier molecular flexibility index (Phi) is 6.55. The Balaban J connectivity index is 1.55. The number of hydrogen-bond donors (Lipinski definition) is 1. The summed E-state index contributed by atoms with van der Waals surface area (Å²) < 4.78 is 5.36. The molecule has 0 aromatic heterocycles. The number of amides is 2. The maximum absolute atomic E-state index is 12.6. The largest absolute Gasteiger partial charge is 0.452 e. The first-order chi connectivity index (χ1) is 14.3. The third kappa shape index (κ3) is 4.87. The first-order valence-corrected chi connectivity index (χ1v) is 10.2. The fourth-order valence-electron chi connectivity index (χ4n) is 3.49. The third-order valence-corrected chi connectivity index (χ3v) is 5.57. The van der Waals surface area contributed by atoms with Gasteiger partial charge < -0.3 is 15.0 Å². The van der Waals surface area contributed by atoms with Crippen LogP contribution in [0.3, 0.4) is 0 Å². The van der Waals surface area contributed by atoms with Gasteiger partial charge in [0.2, 0.25) is 5.91 Å². The Morgan fingerprint density at radius 3 is 2.53 bits per heavy atom. The van der Waals surface area contributed by atoms with Gasteiger partial charge in [0, 0.05) is 25.2 Å². The van der Waals surface area contributed by atoms with Gasteiger partial charge in [-0.25, -0.2) is 0 Å². The molecular weight excluding hydrogens is 380 g/mol. The zero-order chi connectivity index (χ0) is 21.8. The average Bonchev–Trinajstić information content (AvgIpc) is 3.11. The van der Waals surface area contributed by atoms with Crippen molar-refractivity contribution < 1.29 is 19.1 Å². The van der Waals surface area contributed by atoms with E-state index < -0.39 is 18.0 Å². The highest BCUT2D eigenvalue weighted by Gasteiger charge is 2.37. The van der Waals surface area contributed by atoms with Gasteiger partial charge in [-0.1, -0.05) is 42.0 Å². The molecule has 0 saturated carbocycles. The highest BCUT2D eigenvalue weighted by molar-refractivity contribution is 6.00. The molecule has 0 bridgehead atoms. The van der Waals surface area contributed by atoms with E-state index in [2.05, 4.69) is 5.32 Å². The van der Waals surface area contributed by atoms with E-state index in [1.807, 2.05) is 63.2 Å². The van der Waals surface area contributed by atoms with Crippen molar-refractivity contribution in [2.45, 2.75) is 46.8 Å². The monoisotopic (exact) mass is 408 g/mol. The maximum Gasteiger partial charge on any atom is 0.312 e. The van der Waals surface area contributed by atoms with Crippen LogP contribution in [-0.4, -0.2) is 30.4 Å². The fourth-order valence-corrected chi connectivity index (χ4v) is 3.49. The number of aryl methyl sites for hydroxylation is 2. The summed E-state index contributed by atoms with van der Waals surface area (Å²) in [6.45, 7) is 8.12. The minimum atomic E-state index is -0.923. The highest BCUT2D eigenvalue weighted by atomic mass is 16.5. The summed E-state index contributed by atoms with van der Waals surface area (Å²) >= 11 is 0. The first kappa shape index (κ1) is 21.6. The van der Waals surface area contributed by atoms with Crippen LogP contribution in [-0.2, 0) is 25.7 Å². The summed E-state index contributed by atoms with van der Waals surface area (Å²) in [6.07, 6.45) is -0.836. The molecule has 1 saturated heterocycles. The van der Waals surface area contributed by atoms with E-state index in [0.717, 1.165) is 27.9 Å². The molecule has 1 fully saturated rings. The van der Waals surface area contributed by atoms with E-state index >= 15 is 0 Å². The molecule has 158 valence electrons. The SMILES string of the molecule is Cc1ccc(CNC(=O)[C@H](C)OC(=O)[C@H]2CC(=O)N(c3cccc(C)c3C)C2)cc1. The molecule has 1 aliphatic rings. The molecular formula is C24H28N2O4. The summed E-state index contributed by atoms with van der Waals surface area (Å²) in [5.74, 6) is -1.57. The Labute approximate surface area is 177 Å². The van der Waals surface area contributed by atoms with Gasteiger partial charge >= 0.3 is 5.97 Å². The van der Waals surface area contributed by atoms with Crippen molar-refractivity contribution >= 4 is 23.5 Å². The second-order valence-corrected chi connectivity index (χ2v) is 7.91. The van der Waals surface area contributed by atoms with Gasteiger partial charge in [0.1, 0.15) is 0 Å². The number of benzene rings is 2. The second kappa shape index (κ2) is 9.11. The number of nitrogens with one attached hydrogen (secondary N) is 1. The number of anilines is 1. The van der Waals surface area contributed by atoms with Crippen molar-refractivity contribution in [3.63, 3.8) is 0 Å². The molecule has 6 nitrogen and oxygen atoms in total. The molecule has 1 aliphatic heterocycles. The molecule has 0 aliphatic carbocycles. The van der Waals surface area contributed by atoms with E-state index in [0.29, 0.717) is 6.54 Å². The van der Waals surface area contributed by atoms with Crippen LogP contribution in [0.5, 0.6) is 0 Å². The van der Waals surface area contributed by atoms with Crippen molar-refractivity contribution in [3.05, 3.63) is 64.7 Å². The number of carbonyl (C=O) groups is 3. The summed E-state index contributed by atoms with van der Waals surface area (Å²) in [5.41, 5.74) is 5.04. The van der Waals surface area contributed by atoms with E-state index in [1.54, 1.807) is 11.8 Å². The third-order valence-electron chi connectivity index (χ3n) is 5.57. The minimum absolute atomic E-state index is 0.0872. The topological polar surface area (TPSA) is 75.7 Å². The van der Waals surface area contributed by atoms with Gasteiger partial charge in [-0.05, 0) is 50.5 Å². The Bertz CT molecular complexity index is 952. The number of ether oxygens (including phenoxy) is 1. The maximum atomic E-state index is 12.6. The predicted molar refractivity (Wildman–Crippen MR) is 115 cm³/mol. The van der Waals surface area contributed by atoms with E-state index in [9.17, 15) is 14.4 Å². The summed E-state index contributed by atoms with van der Waals surface area (Å²) in [7, 11) is 0. The smallest absolute Gasteiger partial charge is 0.312 e. The van der Waals surface area contributed by atoms with Crippen LogP contribution >= 0.6 is 0 Å². The number of nitrogens with zero attached hydrogens (tertiary/aromatic N) is 1. The molecule has 0 spiro atoms. The first-order valence-electron chi connectivity index (χ1n) is 10.2. The molecule has 1 heterocycles. The lowest BCUT2D eigenvalue weighted by Crippen LogP contribution is -2.37. The Hall–Kier alpha value is -3.15. The zero-order valence-electron chi connectivity index (χ0n) is 17.9. The van der Waals surface area contributed by atoms with E-state index in [4.69, 9.17) is 4.74 Å². The van der Waals surface area contributed by atoms with Crippen LogP contribution in [0.1, 0.15) is 35.6 Å². The van der Waals surface area contributed by atoms with Crippen molar-refractivity contribution in [1.29, 1.82) is 0 Å². The molecule has 2 aromatic carbocycles. The summed E-state index contributed by atoms with van der Waals surface area (Å²) in [6, 6.07) is 13.6. The van der Waals surface area contributed by atoms with Crippen molar-refractivity contribution in [2.24, 2.45) is 5.92 Å². The molecule has 2 atom stereocenters. The van der Waals surface area contributed by atoms with Crippen LogP contribution in [0.25, 0.3) is 0 Å². The van der Waals surface area contributed by atoms with Crippen molar-refractivity contribution in [3.8, 4) is 0 Å². The Morgan fingerprint density at radius 2 is 1.83 bits per heavy atom. The van der Waals surface area contributed by atoms with Crippen molar-refractivity contribution in [1.82, 2.24) is 5.32 Å². The quantitative estimate of drug-likeness (QED) is 0.745. The standard InChI is InChI=1S/C24H28N2O4/c1-15-8-10-19(11-9-15)13-25-23(28)18(4)30-24(29)20-12-22(27)26(14-20)21-7-5-6-16(2)17(21)3/h5-11,18,20H,12-14H2,1-4H3,(H,25,28)/t18-,20-/m0/s1. The molecule has 0 radical (unpaired) electrons. The van der Waals surface area contributed by atoms with Gasteiger partial charge in [-0.15, -0.1) is 0 Å². The minimum Gasteiger partial charge on any atom is -0.452 e. The number of esters is 1. The number of carbonyl (C=O) groups excluding carboxylic acids is 3. The van der Waals surface area contributed by atoms with Gasteiger partial charge in [-0.3, -0.25) is 14.4 Å². The van der Waals surface area contributed by atoms with Crippen LogP contribution < -0.4 is 10.2 Å². The van der Waals surface area contributed by atoms with Gasteiger partial charge in [-0.2, -0.15) is 0 Å². The van der Waals surface area contributed by atoms with Gasteiger partial charge in [0.25, 0.3) is 5.91 Å². The highest BCUT2D eigenvalue weighted by Crippen LogP contribution is 2.30. The van der Waals surface area contributed by atoms with Crippen LogP contribution in [0.4, 0.5) is 5.69 Å². The van der Waals surface area contributed by atoms with Gasteiger partial charge in [0.15, 0.2) is 6.10 Å². The normalized spacial score (nSPS) is 17.0. The summed E-state index contributed by atoms with van der Waals surface area (Å²) in [4.78, 5) is 39.0. The lowest BCUT2D eigenvalue weighted by Gasteiger charge is -2.20. The molecule has 30 heavy (non-hydrogen) atoms. The Morgan fingerprint density at radius 1 is 1.13 bits per heavy atom. The van der Waals surface area contributed by atoms with Crippen LogP contribution in [0.15, 0.2) is 42.5 Å². The average molecular weight is 408 g/mol.